The zero-order valence-corrected chi connectivity index (χ0v) is 8.51. The molecule has 0 bridgehead atoms. The molecule has 10 heteroatoms. The van der Waals surface area contributed by atoms with Crippen LogP contribution in [0.5, 0.6) is 0 Å². The molecular formula is C6H16N6O4. The van der Waals surface area contributed by atoms with Gasteiger partial charge in [0, 0.05) is 11.9 Å². The van der Waals surface area contributed by atoms with Crippen LogP contribution in [-0.2, 0) is 9.59 Å². The van der Waals surface area contributed by atoms with Gasteiger partial charge < -0.3 is 19.8 Å². The summed E-state index contributed by atoms with van der Waals surface area (Å²) >= 11 is 0. The third-order valence-corrected chi connectivity index (χ3v) is 0.533. The number of aliphatic carboxylic acids is 2. The minimum absolute atomic E-state index is 0.0833. The molecule has 0 aromatic carbocycles. The predicted octanol–water partition coefficient (Wildman–Crippen LogP) is -8.70. The first kappa shape index (κ1) is 19.1. The second-order valence-electron chi connectivity index (χ2n) is 2.24. The second kappa shape index (κ2) is 12.5. The Morgan fingerprint density at radius 1 is 0.812 bits per heavy atom. The first-order valence-corrected chi connectivity index (χ1v) is 3.76. The molecule has 0 radical (unpaired) electrons. The lowest BCUT2D eigenvalue weighted by atomic mass is 10.3. The Morgan fingerprint density at radius 2 is 0.938 bits per heavy atom. The Kier molecular flexibility index (Phi) is 14.9. The summed E-state index contributed by atoms with van der Waals surface area (Å²) < 4.78 is 0. The topological polar surface area (TPSA) is 236 Å². The maximum absolute atomic E-state index is 9.50. The average molecular weight is 236 g/mol. The van der Waals surface area contributed by atoms with Crippen molar-refractivity contribution in [3.05, 3.63) is 0 Å². The summed E-state index contributed by atoms with van der Waals surface area (Å²) in [5.74, 6) is -2.90. The van der Waals surface area contributed by atoms with E-state index >= 15 is 0 Å². The second-order valence-corrected chi connectivity index (χ2v) is 2.24. The summed E-state index contributed by atoms with van der Waals surface area (Å²) in [6.07, 6.45) is -0.940. The minimum Gasteiger partial charge on any atom is -0.550 e. The molecule has 0 aromatic heterocycles. The molecule has 0 amide bonds. The van der Waals surface area contributed by atoms with Crippen molar-refractivity contribution in [2.24, 2.45) is 22.9 Å². The van der Waals surface area contributed by atoms with Crippen molar-refractivity contribution in [2.45, 2.75) is 12.8 Å². The van der Waals surface area contributed by atoms with Gasteiger partial charge in [0.2, 0.25) is 0 Å². The Morgan fingerprint density at radius 3 is 1.00 bits per heavy atom. The van der Waals surface area contributed by atoms with Crippen molar-refractivity contribution in [2.75, 3.05) is 0 Å². The van der Waals surface area contributed by atoms with Crippen LogP contribution in [0.2, 0.25) is 0 Å². The van der Waals surface area contributed by atoms with Crippen LogP contribution in [0.4, 0.5) is 0 Å². The number of carbonyl (C=O) groups is 2. The highest BCUT2D eigenvalue weighted by Crippen LogP contribution is 1.81. The van der Waals surface area contributed by atoms with Crippen LogP contribution in [0, 0.1) is 0 Å². The fourth-order valence-electron chi connectivity index (χ4n) is 0.204. The molecule has 0 fully saturated rings. The molecule has 0 rings (SSSR count). The number of carbonyl (C=O) groups excluding carboxylic acids is 2. The summed E-state index contributed by atoms with van der Waals surface area (Å²) in [4.78, 5) is 19.0. The minimum atomic E-state index is -1.37. The number of carboxylic acid groups (broad SMARTS) is 2. The van der Waals surface area contributed by atoms with Gasteiger partial charge in [-0.15, -0.1) is 0 Å². The van der Waals surface area contributed by atoms with Crippen LogP contribution in [0.3, 0.4) is 0 Å². The quantitative estimate of drug-likeness (QED) is 0.202. The summed E-state index contributed by atoms with van der Waals surface area (Å²) in [6.45, 7) is 0. The van der Waals surface area contributed by atoms with Gasteiger partial charge in [-0.3, -0.25) is 33.8 Å². The molecule has 94 valence electrons. The number of hydrogen-bond acceptors (Lipinski definition) is 4. The molecular weight excluding hydrogens is 220 g/mol. The van der Waals surface area contributed by atoms with E-state index in [9.17, 15) is 19.8 Å². The van der Waals surface area contributed by atoms with Crippen LogP contribution in [0.1, 0.15) is 12.8 Å². The summed E-state index contributed by atoms with van der Waals surface area (Å²) in [5, 5.41) is 28.2. The monoisotopic (exact) mass is 236 g/mol. The van der Waals surface area contributed by atoms with E-state index in [4.69, 9.17) is 0 Å². The smallest absolute Gasteiger partial charge is 0.336 e. The molecule has 12 N–H and O–H groups in total. The Bertz CT molecular complexity index is 219. The maximum Gasteiger partial charge on any atom is 0.336 e. The number of hydrogen-bond donors (Lipinski definition) is 6. The summed E-state index contributed by atoms with van der Waals surface area (Å²) in [7, 11) is 0. The average Bonchev–Trinajstić information content (AvgIpc) is 1.98. The van der Waals surface area contributed by atoms with Crippen molar-refractivity contribution in [1.82, 2.24) is 0 Å². The highest BCUT2D eigenvalue weighted by molar-refractivity contribution is 5.72. The highest BCUT2D eigenvalue weighted by atomic mass is 16.4. The van der Waals surface area contributed by atoms with E-state index in [1.807, 2.05) is 0 Å². The van der Waals surface area contributed by atoms with Crippen molar-refractivity contribution < 1.29 is 30.6 Å². The van der Waals surface area contributed by atoms with Crippen molar-refractivity contribution in [3.8, 4) is 0 Å². The largest absolute Gasteiger partial charge is 0.550 e. The molecule has 16 heavy (non-hydrogen) atoms. The number of guanidine groups is 2. The summed E-state index contributed by atoms with van der Waals surface area (Å²) in [6, 6.07) is 0. The Labute approximate surface area is 91.2 Å². The zero-order chi connectivity index (χ0) is 13.7. The fourth-order valence-corrected chi connectivity index (χ4v) is 0.204. The third kappa shape index (κ3) is 205. The van der Waals surface area contributed by atoms with E-state index in [-0.39, 0.29) is 11.9 Å². The Hall–Kier alpha value is -2.52. The van der Waals surface area contributed by atoms with E-state index in [2.05, 4.69) is 33.8 Å². The van der Waals surface area contributed by atoms with Crippen molar-refractivity contribution in [3.63, 3.8) is 0 Å². The lowest BCUT2D eigenvalue weighted by molar-refractivity contribution is -0.315. The molecule has 0 aliphatic heterocycles. The SMILES string of the molecule is NC(N)=[NH2+].NC(N)=[NH2+].O=C([O-])CCC(=O)[O-]. The molecule has 0 aliphatic carbocycles. The number of nitrogens with two attached hydrogens (primary N) is 6. The van der Waals surface area contributed by atoms with Gasteiger partial charge in [0.05, 0.1) is 0 Å². The van der Waals surface area contributed by atoms with Crippen molar-refractivity contribution in [1.29, 1.82) is 0 Å². The maximum atomic E-state index is 9.50. The molecule has 0 heterocycles. The van der Waals surface area contributed by atoms with Crippen LogP contribution in [-0.4, -0.2) is 23.9 Å². The normalized spacial score (nSPS) is 7.25. The molecule has 0 saturated carbocycles. The van der Waals surface area contributed by atoms with Crippen LogP contribution in [0.25, 0.3) is 0 Å². The van der Waals surface area contributed by atoms with Crippen LogP contribution < -0.4 is 44.0 Å². The van der Waals surface area contributed by atoms with Gasteiger partial charge in [0.1, 0.15) is 0 Å². The first-order valence-electron chi connectivity index (χ1n) is 3.76. The molecule has 0 spiro atoms. The summed E-state index contributed by atoms with van der Waals surface area (Å²) in [5.41, 5.74) is 18.3. The van der Waals surface area contributed by atoms with Gasteiger partial charge in [-0.05, 0) is 12.8 Å². The standard InChI is InChI=1S/C4H6O4.2CH5N3/c5-3(6)1-2-4(7)8;2*2-1(3)4/h1-2H2,(H,5,6)(H,7,8);2*(H5,2,3,4). The predicted molar refractivity (Wildman–Crippen MR) is 49.9 cm³/mol. The van der Waals surface area contributed by atoms with E-state index in [0.717, 1.165) is 0 Å². The van der Waals surface area contributed by atoms with E-state index < -0.39 is 24.8 Å². The Balaban J connectivity index is -0.000000179. The fraction of sp³-hybridized carbons (Fsp3) is 0.333. The van der Waals surface area contributed by atoms with Crippen LogP contribution in [0.15, 0.2) is 0 Å². The number of carboxylic acids is 2. The van der Waals surface area contributed by atoms with Crippen LogP contribution >= 0.6 is 0 Å². The van der Waals surface area contributed by atoms with Gasteiger partial charge in [-0.25, -0.2) is 0 Å². The van der Waals surface area contributed by atoms with Gasteiger partial charge in [-0.2, -0.15) is 0 Å². The van der Waals surface area contributed by atoms with E-state index in [1.54, 1.807) is 0 Å². The van der Waals surface area contributed by atoms with E-state index in [1.165, 1.54) is 0 Å². The van der Waals surface area contributed by atoms with Gasteiger partial charge in [0.15, 0.2) is 0 Å². The number of rotatable bonds is 3. The van der Waals surface area contributed by atoms with Crippen molar-refractivity contribution >= 4 is 23.9 Å². The van der Waals surface area contributed by atoms with Gasteiger partial charge in [0.25, 0.3) is 0 Å². The zero-order valence-electron chi connectivity index (χ0n) is 8.51. The molecule has 0 saturated heterocycles. The molecule has 0 aliphatic rings. The molecule has 0 unspecified atom stereocenters. The highest BCUT2D eigenvalue weighted by Gasteiger charge is 1.85. The van der Waals surface area contributed by atoms with Gasteiger partial charge >= 0.3 is 11.9 Å². The molecule has 0 atom stereocenters. The van der Waals surface area contributed by atoms with Gasteiger partial charge in [-0.1, -0.05) is 0 Å². The third-order valence-electron chi connectivity index (χ3n) is 0.533. The lowest BCUT2D eigenvalue weighted by Crippen LogP contribution is -2.51. The van der Waals surface area contributed by atoms with E-state index in [0.29, 0.717) is 0 Å². The lowest BCUT2D eigenvalue weighted by Gasteiger charge is -2.00. The first-order chi connectivity index (χ1) is 7.09. The molecule has 10 nitrogen and oxygen atoms in total. The molecule has 0 aromatic rings.